The Morgan fingerprint density at radius 3 is 0.932 bits per heavy atom. The van der Waals surface area contributed by atoms with E-state index >= 15 is 0 Å². The van der Waals surface area contributed by atoms with E-state index in [1.165, 1.54) is 108 Å². The lowest BCUT2D eigenvalue weighted by Gasteiger charge is -2.20. The van der Waals surface area contributed by atoms with E-state index in [1.54, 1.807) is 123 Å². The quantitative estimate of drug-likeness (QED) is 0.00472. The van der Waals surface area contributed by atoms with Crippen molar-refractivity contribution in [3.8, 4) is 57.5 Å². The largest absolute Gasteiger partial charge is 0.508 e. The molecule has 0 aromatic heterocycles. The summed E-state index contributed by atoms with van der Waals surface area (Å²) in [6.07, 6.45) is 3.12. The molecule has 0 amide bonds. The Morgan fingerprint density at radius 1 is 0.358 bits per heavy atom. The van der Waals surface area contributed by atoms with Gasteiger partial charge in [-0.2, -0.15) is 13.2 Å². The van der Waals surface area contributed by atoms with Crippen LogP contribution in [0.1, 0.15) is 239 Å². The average Bonchev–Trinajstić information content (AvgIpc) is 1.72. The number of phenolic OH excluding ortho intramolecular Hbond substituents is 1. The highest BCUT2D eigenvalue weighted by Crippen LogP contribution is 2.37. The van der Waals surface area contributed by atoms with E-state index < -0.39 is 58.0 Å². The molecule has 1 aliphatic rings. The smallest absolute Gasteiger partial charge is 0.416 e. The number of Topliss-reactive ketones (excluding diaryl/α,β-unsaturated/α-hetero) is 2. The van der Waals surface area contributed by atoms with Gasteiger partial charge in [-0.25, -0.2) is 18.0 Å². The normalized spacial score (nSPS) is 11.9. The van der Waals surface area contributed by atoms with Crippen molar-refractivity contribution in [1.29, 1.82) is 0 Å². The van der Waals surface area contributed by atoms with Crippen LogP contribution in [0.2, 0.25) is 0 Å². The van der Waals surface area contributed by atoms with Crippen LogP contribution in [0, 0.1) is 17.5 Å². The molecule has 9 aromatic carbocycles. The third-order valence-electron chi connectivity index (χ3n) is 19.1. The number of hydrogen-bond acceptors (Lipinski definition) is 28. The average molecular weight is 2210 g/mol. The van der Waals surface area contributed by atoms with Gasteiger partial charge in [-0.15, -0.1) is 0 Å². The molecule has 9 aromatic rings. The molecule has 0 radical (unpaired) electrons. The van der Waals surface area contributed by atoms with Crippen molar-refractivity contribution in [2.75, 3.05) is 95.1 Å². The number of fused-ring (bicyclic) bond motifs is 1. The number of nitrogens with two attached hydrogens (primary N) is 3. The van der Waals surface area contributed by atoms with Crippen LogP contribution in [-0.2, 0) is 81.1 Å². The number of aryl methyl sites for hydroxylation is 2. The number of esters is 5. The van der Waals surface area contributed by atoms with Crippen molar-refractivity contribution < 1.29 is 141 Å². The number of carboxylic acids is 1. The summed E-state index contributed by atoms with van der Waals surface area (Å²) >= 11 is 6.45. The van der Waals surface area contributed by atoms with E-state index in [2.05, 4.69) is 42.5 Å². The van der Waals surface area contributed by atoms with Crippen molar-refractivity contribution in [2.45, 2.75) is 252 Å². The summed E-state index contributed by atoms with van der Waals surface area (Å²) in [7, 11) is 7.68. The van der Waals surface area contributed by atoms with Crippen molar-refractivity contribution in [3.05, 3.63) is 233 Å². The molecule has 0 saturated carbocycles. The third-order valence-corrected chi connectivity index (χ3v) is 20.8. The molecular formula is C111H145Br2F6N5O24. The van der Waals surface area contributed by atoms with E-state index in [0.717, 1.165) is 47.7 Å². The molecular weight excluding hydrogens is 2060 g/mol. The summed E-state index contributed by atoms with van der Waals surface area (Å²) in [4.78, 5) is 92.1. The fourth-order valence-corrected chi connectivity index (χ4v) is 13.4. The highest BCUT2D eigenvalue weighted by Gasteiger charge is 2.32. The maximum Gasteiger partial charge on any atom is 0.416 e. The Hall–Kier alpha value is -13.3. The van der Waals surface area contributed by atoms with Crippen molar-refractivity contribution in [1.82, 2.24) is 0 Å². The second kappa shape index (κ2) is 64.1. The summed E-state index contributed by atoms with van der Waals surface area (Å²) in [6, 6.07) is 44.3. The highest BCUT2D eigenvalue weighted by molar-refractivity contribution is 9.09. The number of halogens is 8. The number of nitrogen functional groups attached to an aromatic ring is 3. The number of ether oxygens (including phenoxy) is 14. The lowest BCUT2D eigenvalue weighted by Crippen LogP contribution is -2.24. The van der Waals surface area contributed by atoms with E-state index in [9.17, 15) is 69.8 Å². The zero-order valence-electron chi connectivity index (χ0n) is 88.4. The highest BCUT2D eigenvalue weighted by atomic mass is 79.9. The number of carbonyl (C=O) groups excluding carboxylic acids is 7. The Labute approximate surface area is 881 Å². The van der Waals surface area contributed by atoms with Crippen LogP contribution in [0.5, 0.6) is 57.5 Å². The number of nitrogens with one attached hydrogen (secondary N) is 2. The lowest BCUT2D eigenvalue weighted by molar-refractivity contribution is -0.156. The Morgan fingerprint density at radius 2 is 0.635 bits per heavy atom. The minimum atomic E-state index is -4.20. The molecule has 3 atom stereocenters. The van der Waals surface area contributed by atoms with Gasteiger partial charge in [0.25, 0.3) is 0 Å². The predicted molar refractivity (Wildman–Crippen MR) is 567 cm³/mol. The van der Waals surface area contributed by atoms with Crippen molar-refractivity contribution in [3.63, 3.8) is 0 Å². The first-order valence-electron chi connectivity index (χ1n) is 47.5. The van der Waals surface area contributed by atoms with E-state index in [1.807, 2.05) is 104 Å². The van der Waals surface area contributed by atoms with Gasteiger partial charge >= 0.3 is 42.0 Å². The van der Waals surface area contributed by atoms with E-state index in [-0.39, 0.29) is 88.7 Å². The number of ketones is 2. The monoisotopic (exact) mass is 2200 g/mol. The summed E-state index contributed by atoms with van der Waals surface area (Å²) < 4.78 is 150. The topological polar surface area (TPSA) is 408 Å². The number of phenols is 1. The van der Waals surface area contributed by atoms with Gasteiger partial charge in [0.15, 0.2) is 11.8 Å². The first kappa shape index (κ1) is 129. The molecule has 37 heteroatoms. The summed E-state index contributed by atoms with van der Waals surface area (Å²) in [5.74, 6) is 1.81. The van der Waals surface area contributed by atoms with Crippen molar-refractivity contribution in [2.24, 2.45) is 0 Å². The number of hydrogen-bond donors (Lipinski definition) is 7. The zero-order chi connectivity index (χ0) is 111. The van der Waals surface area contributed by atoms with Gasteiger partial charge in [-0.05, 0) is 245 Å². The van der Waals surface area contributed by atoms with Gasteiger partial charge in [0.05, 0.1) is 72.4 Å². The van der Waals surface area contributed by atoms with Crippen LogP contribution in [0.4, 0.5) is 54.8 Å². The third kappa shape index (κ3) is 57.1. The van der Waals surface area contributed by atoms with Gasteiger partial charge in [0, 0.05) is 157 Å². The zero-order valence-corrected chi connectivity index (χ0v) is 91.6. The van der Waals surface area contributed by atoms with Crippen LogP contribution < -0.4 is 70.5 Å². The molecule has 0 bridgehead atoms. The number of alkyl halides is 5. The molecule has 29 nitrogen and oxygen atoms in total. The predicted octanol–water partition coefficient (Wildman–Crippen LogP) is 24.7. The van der Waals surface area contributed by atoms with Gasteiger partial charge < -0.3 is 104 Å². The fraction of sp³-hybridized carbons (Fsp3) is 0.441. The number of methoxy groups -OCH3 is 5. The van der Waals surface area contributed by atoms with Gasteiger partial charge in [-0.1, -0.05) is 74.3 Å². The number of rotatable bonds is 38. The van der Waals surface area contributed by atoms with Crippen LogP contribution in [0.15, 0.2) is 182 Å². The Kier molecular flexibility index (Phi) is 55.8. The van der Waals surface area contributed by atoms with Gasteiger partial charge in [-0.3, -0.25) is 33.6 Å². The lowest BCUT2D eigenvalue weighted by atomic mass is 10.0. The minimum Gasteiger partial charge on any atom is -0.508 e. The maximum absolute atomic E-state index is 13.2. The molecule has 0 aliphatic heterocycles. The molecule has 148 heavy (non-hydrogen) atoms. The second-order valence-corrected chi connectivity index (χ2v) is 40.0. The van der Waals surface area contributed by atoms with Crippen LogP contribution in [0.25, 0.3) is 0 Å². The number of carbonyl (C=O) groups is 8. The molecule has 10 N–H and O–H groups in total. The summed E-state index contributed by atoms with van der Waals surface area (Å²) in [5.41, 5.74) is 20.5. The van der Waals surface area contributed by atoms with Gasteiger partial charge in [0.1, 0.15) is 115 Å². The minimum absolute atomic E-state index is 0.0154. The molecule has 1 aliphatic carbocycles. The first-order chi connectivity index (χ1) is 69.1. The number of aliphatic carboxylic acids is 1. The van der Waals surface area contributed by atoms with Crippen molar-refractivity contribution >= 4 is 108 Å². The van der Waals surface area contributed by atoms with Crippen LogP contribution in [0.3, 0.4) is 0 Å². The molecule has 0 saturated heterocycles. The summed E-state index contributed by atoms with van der Waals surface area (Å²) in [5, 5.41) is 25.5. The van der Waals surface area contributed by atoms with Gasteiger partial charge in [0.2, 0.25) is 0 Å². The Balaban J connectivity index is 0.000000449. The number of carboxylic acid groups (broad SMARTS) is 1. The molecule has 0 spiro atoms. The molecule has 0 heterocycles. The molecule has 3 unspecified atom stereocenters. The van der Waals surface area contributed by atoms with E-state index in [4.69, 9.17) is 88.6 Å². The Bertz CT molecular complexity index is 5360. The van der Waals surface area contributed by atoms with E-state index in [0.29, 0.717) is 156 Å². The molecule has 814 valence electrons. The van der Waals surface area contributed by atoms with Crippen LogP contribution in [-0.4, -0.2) is 153 Å². The van der Waals surface area contributed by atoms with Crippen LogP contribution >= 0.6 is 31.9 Å². The number of benzene rings is 9. The summed E-state index contributed by atoms with van der Waals surface area (Å²) in [6.45, 7) is 32.0. The molecule has 0 fully saturated rings. The number of anilines is 5. The number of aromatic hydroxyl groups is 1. The molecule has 10 rings (SSSR count). The first-order valence-corrected chi connectivity index (χ1v) is 49.6. The maximum atomic E-state index is 13.2. The second-order valence-electron chi connectivity index (χ2n) is 38.2. The standard InChI is InChI=1S/C24H30FNO5.C23H28FNO6.2C15H23NO4.C10H9F3.C9H8BrFO.C8H15BrO2.C7H9NO2/c1-16(27)23(17-8-10-18(25)11-9-17)26-19-13-20(29-5)15-21(14-19)30-12-6-7-22(28)31-24(2,3)4;1-23(2,3)31-20(26)6-5-11-30-19-13-17(12-18(14-19)29-4)25-21(22(27)28)15-7-9-16(24)10-8-15;2*1-15(2,3)20-14(17)6-5-7-19-13-9-11(16)8-12(10-13)18-4;11-10(12,13)9-5-4-7-2-1-3-8(7)6-9;1-6(12)9(10)7-2-4-8(11)5-3-7;1-8(2,3)11-7(10)5-4-6-9;1-10-7-3-5(8)2-6(9)4-7/h8-11,13-15,23,26H,6-7,12H2,1-5H3;7-10,12-14,21,25H,5-6,11H2,1-4H3,(H,27,28);2*8-10H,5-7,16H2,1-4H3;4-6H,1-3H2;2-5,9H,1H3;4-6H2,1-3H3;2-4,9H,8H2,1H3. The fourth-order valence-electron chi connectivity index (χ4n) is 12.8. The SMILES string of the molecule is CC(=O)C(Br)c1ccc(F)cc1.CC(C)(C)OC(=O)CCCBr.COc1cc(N)cc(O)c1.COc1cc(N)cc(OCCCC(=O)OC(C)(C)C)c1.COc1cc(N)cc(OCCCC(=O)OC(C)(C)C)c1.COc1cc(NC(C(=O)O)c2ccc(F)cc2)cc(OCCCC(=O)OC(C)(C)C)c1.COc1cc(NC(C(C)=O)c2ccc(F)cc2)cc(OCCCC(=O)OC(C)(C)C)c1.FC(F)(F)c1ccc2c(c1)CCC2.